The molecule has 1 aromatic rings. The van der Waals surface area contributed by atoms with E-state index in [0.717, 1.165) is 6.42 Å². The fraction of sp³-hybridized carbons (Fsp3) is 0.364. The van der Waals surface area contributed by atoms with Gasteiger partial charge in [-0.3, -0.25) is 4.79 Å². The van der Waals surface area contributed by atoms with Crippen molar-refractivity contribution in [2.75, 3.05) is 6.54 Å². The maximum absolute atomic E-state index is 11.4. The molecule has 1 unspecified atom stereocenters. The number of carbonyl (C=O) groups is 1. The molecule has 14 heavy (non-hydrogen) atoms. The highest BCUT2D eigenvalue weighted by molar-refractivity contribution is 5.99. The lowest BCUT2D eigenvalue weighted by Crippen LogP contribution is -2.29. The van der Waals surface area contributed by atoms with Gasteiger partial charge in [-0.25, -0.2) is 0 Å². The van der Waals surface area contributed by atoms with Gasteiger partial charge in [0, 0.05) is 12.1 Å². The van der Waals surface area contributed by atoms with Gasteiger partial charge in [-0.05, 0) is 12.0 Å². The summed E-state index contributed by atoms with van der Waals surface area (Å²) in [6.45, 7) is 2.01. The molecule has 0 radical (unpaired) electrons. The van der Waals surface area contributed by atoms with E-state index in [-0.39, 0.29) is 12.3 Å². The van der Waals surface area contributed by atoms with Gasteiger partial charge in [0.25, 0.3) is 0 Å². The largest absolute Gasteiger partial charge is 0.384 e. The Morgan fingerprint density at radius 3 is 2.43 bits per heavy atom. The van der Waals surface area contributed by atoms with Crippen molar-refractivity contribution >= 4 is 5.78 Å². The van der Waals surface area contributed by atoms with Crippen molar-refractivity contribution in [3.8, 4) is 0 Å². The summed E-state index contributed by atoms with van der Waals surface area (Å²) >= 11 is 0. The Kier molecular flexibility index (Phi) is 3.80. The normalized spacial score (nSPS) is 12.5. The van der Waals surface area contributed by atoms with E-state index < -0.39 is 6.10 Å². The average molecular weight is 193 g/mol. The van der Waals surface area contributed by atoms with Crippen LogP contribution in [0.3, 0.4) is 0 Å². The number of rotatable bonds is 4. The number of nitrogens with two attached hydrogens (primary N) is 1. The van der Waals surface area contributed by atoms with E-state index in [2.05, 4.69) is 0 Å². The minimum absolute atomic E-state index is 0.0334. The van der Waals surface area contributed by atoms with Crippen LogP contribution < -0.4 is 5.73 Å². The topological polar surface area (TPSA) is 63.3 Å². The zero-order chi connectivity index (χ0) is 10.6. The first-order chi connectivity index (χ1) is 6.69. The van der Waals surface area contributed by atoms with Gasteiger partial charge in [0.15, 0.2) is 5.78 Å². The van der Waals surface area contributed by atoms with Gasteiger partial charge in [-0.1, -0.05) is 31.2 Å². The Labute approximate surface area is 83.6 Å². The Morgan fingerprint density at radius 1 is 1.43 bits per heavy atom. The number of benzene rings is 1. The molecule has 0 amide bonds. The number of hydrogen-bond donors (Lipinski definition) is 2. The van der Waals surface area contributed by atoms with Crippen molar-refractivity contribution < 1.29 is 9.90 Å². The van der Waals surface area contributed by atoms with E-state index >= 15 is 0 Å². The molecule has 0 aliphatic heterocycles. The zero-order valence-corrected chi connectivity index (χ0v) is 8.23. The van der Waals surface area contributed by atoms with Crippen LogP contribution in [0, 0.1) is 0 Å². The van der Waals surface area contributed by atoms with E-state index in [1.807, 2.05) is 19.1 Å². The molecule has 0 saturated heterocycles. The van der Waals surface area contributed by atoms with E-state index in [1.54, 1.807) is 12.1 Å². The highest BCUT2D eigenvalue weighted by Crippen LogP contribution is 2.07. The first kappa shape index (κ1) is 10.9. The fourth-order valence-corrected chi connectivity index (χ4v) is 1.20. The first-order valence-electron chi connectivity index (χ1n) is 4.70. The van der Waals surface area contributed by atoms with Crippen LogP contribution in [-0.2, 0) is 6.42 Å². The summed E-state index contributed by atoms with van der Waals surface area (Å²) in [7, 11) is 0. The summed E-state index contributed by atoms with van der Waals surface area (Å²) in [5.41, 5.74) is 6.88. The standard InChI is InChI=1S/C11H15NO2/c1-2-8-3-5-9(6-4-8)11(14)10(13)7-12/h3-6,10,13H,2,7,12H2,1H3. The highest BCUT2D eigenvalue weighted by Gasteiger charge is 2.14. The molecule has 0 bridgehead atoms. The quantitative estimate of drug-likeness (QED) is 0.694. The maximum atomic E-state index is 11.4. The second kappa shape index (κ2) is 4.88. The predicted molar refractivity (Wildman–Crippen MR) is 55.2 cm³/mol. The van der Waals surface area contributed by atoms with Crippen LogP contribution in [0.15, 0.2) is 24.3 Å². The van der Waals surface area contributed by atoms with Crippen molar-refractivity contribution in [3.63, 3.8) is 0 Å². The van der Waals surface area contributed by atoms with Crippen LogP contribution >= 0.6 is 0 Å². The average Bonchev–Trinajstić information content (AvgIpc) is 2.27. The molecule has 76 valence electrons. The molecule has 1 aromatic carbocycles. The summed E-state index contributed by atoms with van der Waals surface area (Å²) in [5, 5.41) is 9.23. The molecule has 1 atom stereocenters. The van der Waals surface area contributed by atoms with E-state index in [1.165, 1.54) is 5.56 Å². The first-order valence-corrected chi connectivity index (χ1v) is 4.70. The predicted octanol–water partition coefficient (Wildman–Crippen LogP) is 0.751. The van der Waals surface area contributed by atoms with Gasteiger partial charge in [-0.15, -0.1) is 0 Å². The minimum Gasteiger partial charge on any atom is -0.384 e. The van der Waals surface area contributed by atoms with Gasteiger partial charge in [0.1, 0.15) is 6.10 Å². The molecule has 3 N–H and O–H groups in total. The van der Waals surface area contributed by atoms with Crippen LogP contribution in [0.2, 0.25) is 0 Å². The lowest BCUT2D eigenvalue weighted by molar-refractivity contribution is 0.0763. The van der Waals surface area contributed by atoms with Gasteiger partial charge < -0.3 is 10.8 Å². The fourth-order valence-electron chi connectivity index (χ4n) is 1.20. The number of aliphatic hydroxyl groups excluding tert-OH is 1. The monoisotopic (exact) mass is 193 g/mol. The Hall–Kier alpha value is -1.19. The third-order valence-electron chi connectivity index (χ3n) is 2.17. The number of carbonyl (C=O) groups excluding carboxylic acids is 1. The van der Waals surface area contributed by atoms with E-state index in [0.29, 0.717) is 5.56 Å². The third-order valence-corrected chi connectivity index (χ3v) is 2.17. The Bertz CT molecular complexity index is 306. The Morgan fingerprint density at radius 2 is 2.00 bits per heavy atom. The van der Waals surface area contributed by atoms with Gasteiger partial charge in [0.2, 0.25) is 0 Å². The number of aliphatic hydroxyl groups is 1. The highest BCUT2D eigenvalue weighted by atomic mass is 16.3. The minimum atomic E-state index is -1.08. The van der Waals surface area contributed by atoms with Crippen LogP contribution in [0.5, 0.6) is 0 Å². The third kappa shape index (κ3) is 2.40. The van der Waals surface area contributed by atoms with Gasteiger partial charge in [-0.2, -0.15) is 0 Å². The molecule has 3 nitrogen and oxygen atoms in total. The molecule has 0 heterocycles. The molecule has 0 saturated carbocycles. The Balaban J connectivity index is 2.81. The molecule has 0 aliphatic rings. The van der Waals surface area contributed by atoms with Crippen LogP contribution in [-0.4, -0.2) is 23.5 Å². The number of ketones is 1. The molecular weight excluding hydrogens is 178 g/mol. The molecule has 0 aromatic heterocycles. The number of hydrogen-bond acceptors (Lipinski definition) is 3. The summed E-state index contributed by atoms with van der Waals surface area (Å²) in [4.78, 5) is 11.4. The molecule has 3 heteroatoms. The van der Waals surface area contributed by atoms with E-state index in [4.69, 9.17) is 5.73 Å². The van der Waals surface area contributed by atoms with Crippen LogP contribution in [0.25, 0.3) is 0 Å². The summed E-state index contributed by atoms with van der Waals surface area (Å²) < 4.78 is 0. The molecule has 1 rings (SSSR count). The molecule has 0 aliphatic carbocycles. The van der Waals surface area contributed by atoms with Gasteiger partial charge in [0.05, 0.1) is 0 Å². The van der Waals surface area contributed by atoms with Gasteiger partial charge >= 0.3 is 0 Å². The number of Topliss-reactive ketones (excluding diaryl/α,β-unsaturated/α-hetero) is 1. The van der Waals surface area contributed by atoms with Crippen molar-refractivity contribution in [1.82, 2.24) is 0 Å². The lowest BCUT2D eigenvalue weighted by Gasteiger charge is -2.06. The van der Waals surface area contributed by atoms with Crippen molar-refractivity contribution in [3.05, 3.63) is 35.4 Å². The second-order valence-corrected chi connectivity index (χ2v) is 3.17. The maximum Gasteiger partial charge on any atom is 0.192 e. The lowest BCUT2D eigenvalue weighted by atomic mass is 10.0. The summed E-state index contributed by atoms with van der Waals surface area (Å²) in [6, 6.07) is 7.22. The molecule has 0 fully saturated rings. The van der Waals surface area contributed by atoms with Crippen LogP contribution in [0.4, 0.5) is 0 Å². The van der Waals surface area contributed by atoms with Crippen LogP contribution in [0.1, 0.15) is 22.8 Å². The second-order valence-electron chi connectivity index (χ2n) is 3.17. The number of aryl methyl sites for hydroxylation is 1. The van der Waals surface area contributed by atoms with E-state index in [9.17, 15) is 9.90 Å². The molecular formula is C11H15NO2. The summed E-state index contributed by atoms with van der Waals surface area (Å²) in [5.74, 6) is -0.310. The van der Waals surface area contributed by atoms with Crippen molar-refractivity contribution in [1.29, 1.82) is 0 Å². The smallest absolute Gasteiger partial charge is 0.192 e. The zero-order valence-electron chi connectivity index (χ0n) is 8.23. The van der Waals surface area contributed by atoms with Crippen molar-refractivity contribution in [2.24, 2.45) is 5.73 Å². The summed E-state index contributed by atoms with van der Waals surface area (Å²) in [6.07, 6.45) is -0.143. The van der Waals surface area contributed by atoms with Crippen molar-refractivity contribution in [2.45, 2.75) is 19.4 Å². The molecule has 0 spiro atoms. The SMILES string of the molecule is CCc1ccc(C(=O)C(O)CN)cc1.